The van der Waals surface area contributed by atoms with Crippen LogP contribution >= 0.6 is 0 Å². The van der Waals surface area contributed by atoms with Gasteiger partial charge >= 0.3 is 6.09 Å². The van der Waals surface area contributed by atoms with Crippen molar-refractivity contribution in [3.05, 3.63) is 0 Å². The summed E-state index contributed by atoms with van der Waals surface area (Å²) in [5.41, 5.74) is -0.385. The third-order valence-electron chi connectivity index (χ3n) is 4.83. The van der Waals surface area contributed by atoms with Crippen LogP contribution in [0.5, 0.6) is 0 Å². The maximum Gasteiger partial charge on any atom is 0.410 e. The van der Waals surface area contributed by atoms with Crippen LogP contribution in [0.25, 0.3) is 0 Å². The number of amides is 1. The zero-order valence-corrected chi connectivity index (χ0v) is 12.6. The molecule has 1 aliphatic carbocycles. The molecular weight excluding hydrogens is 240 g/mol. The average molecular weight is 266 g/mol. The summed E-state index contributed by atoms with van der Waals surface area (Å²) in [6, 6.07) is 0.617. The molecule has 2 saturated heterocycles. The highest BCUT2D eigenvalue weighted by molar-refractivity contribution is 5.69. The van der Waals surface area contributed by atoms with E-state index < -0.39 is 0 Å². The largest absolute Gasteiger partial charge is 0.444 e. The molecule has 0 N–H and O–H groups in total. The molecule has 1 saturated carbocycles. The van der Waals surface area contributed by atoms with Crippen molar-refractivity contribution in [2.45, 2.75) is 45.8 Å². The van der Waals surface area contributed by atoms with E-state index in [1.165, 1.54) is 19.5 Å². The van der Waals surface area contributed by atoms with E-state index in [0.29, 0.717) is 12.0 Å². The Kier molecular flexibility index (Phi) is 3.04. The van der Waals surface area contributed by atoms with E-state index in [2.05, 4.69) is 11.8 Å². The minimum absolute atomic E-state index is 0.153. The molecule has 108 valence electrons. The molecule has 0 aromatic heterocycles. The molecule has 1 amide bonds. The first kappa shape index (κ1) is 13.2. The van der Waals surface area contributed by atoms with Crippen LogP contribution in [-0.4, -0.2) is 53.7 Å². The average Bonchev–Trinajstić information content (AvgIpc) is 2.80. The van der Waals surface area contributed by atoms with Crippen molar-refractivity contribution >= 4 is 6.09 Å². The number of likely N-dealkylation sites (tertiary alicyclic amines) is 2. The Morgan fingerprint density at radius 3 is 2.26 bits per heavy atom. The van der Waals surface area contributed by atoms with Gasteiger partial charge in [0.25, 0.3) is 0 Å². The van der Waals surface area contributed by atoms with Crippen LogP contribution in [0, 0.1) is 17.8 Å². The lowest BCUT2D eigenvalue weighted by Gasteiger charge is -2.45. The SMILES string of the molecule is CC(C1CN(C(=O)OC(C)(C)C)C1)N1CC2CC2C1. The Balaban J connectivity index is 1.43. The molecule has 3 aliphatic rings. The highest BCUT2D eigenvalue weighted by atomic mass is 16.6. The van der Waals surface area contributed by atoms with Crippen LogP contribution in [-0.2, 0) is 4.74 Å². The fourth-order valence-electron chi connectivity index (χ4n) is 3.36. The lowest BCUT2D eigenvalue weighted by molar-refractivity contribution is -0.0161. The van der Waals surface area contributed by atoms with Gasteiger partial charge in [0.1, 0.15) is 5.60 Å². The number of hydrogen-bond donors (Lipinski definition) is 0. The van der Waals surface area contributed by atoms with Gasteiger partial charge in [0.15, 0.2) is 0 Å². The van der Waals surface area contributed by atoms with Gasteiger partial charge in [0.2, 0.25) is 0 Å². The predicted octanol–water partition coefficient (Wildman–Crippen LogP) is 2.19. The third-order valence-corrected chi connectivity index (χ3v) is 4.83. The summed E-state index contributed by atoms with van der Waals surface area (Å²) in [4.78, 5) is 16.3. The number of hydrogen-bond acceptors (Lipinski definition) is 3. The molecule has 3 rings (SSSR count). The van der Waals surface area contributed by atoms with Gasteiger partial charge in [-0.25, -0.2) is 4.79 Å². The van der Waals surface area contributed by atoms with E-state index in [1.807, 2.05) is 25.7 Å². The Morgan fingerprint density at radius 2 is 1.74 bits per heavy atom. The quantitative estimate of drug-likeness (QED) is 0.768. The van der Waals surface area contributed by atoms with E-state index in [4.69, 9.17) is 4.74 Å². The summed E-state index contributed by atoms with van der Waals surface area (Å²) >= 11 is 0. The van der Waals surface area contributed by atoms with E-state index in [1.54, 1.807) is 0 Å². The first-order valence-corrected chi connectivity index (χ1v) is 7.55. The maximum absolute atomic E-state index is 11.9. The van der Waals surface area contributed by atoms with Crippen molar-refractivity contribution in [2.24, 2.45) is 17.8 Å². The molecule has 0 spiro atoms. The number of piperidine rings is 1. The fourth-order valence-corrected chi connectivity index (χ4v) is 3.36. The van der Waals surface area contributed by atoms with Crippen LogP contribution < -0.4 is 0 Å². The summed E-state index contributed by atoms with van der Waals surface area (Å²) < 4.78 is 5.39. The van der Waals surface area contributed by atoms with Crippen molar-refractivity contribution in [2.75, 3.05) is 26.2 Å². The first-order chi connectivity index (χ1) is 8.83. The number of fused-ring (bicyclic) bond motifs is 1. The van der Waals surface area contributed by atoms with Crippen molar-refractivity contribution in [1.29, 1.82) is 0 Å². The maximum atomic E-state index is 11.9. The Labute approximate surface area is 116 Å². The predicted molar refractivity (Wildman–Crippen MR) is 73.9 cm³/mol. The Bertz CT molecular complexity index is 361. The van der Waals surface area contributed by atoms with E-state index in [-0.39, 0.29) is 11.7 Å². The molecule has 19 heavy (non-hydrogen) atoms. The lowest BCUT2D eigenvalue weighted by atomic mass is 9.92. The molecule has 2 aliphatic heterocycles. The zero-order valence-electron chi connectivity index (χ0n) is 12.6. The second-order valence-electron chi connectivity index (χ2n) is 7.60. The van der Waals surface area contributed by atoms with Crippen LogP contribution in [0.15, 0.2) is 0 Å². The molecular formula is C15H26N2O2. The molecule has 2 heterocycles. The minimum Gasteiger partial charge on any atom is -0.444 e. The topological polar surface area (TPSA) is 32.8 Å². The minimum atomic E-state index is -0.385. The van der Waals surface area contributed by atoms with Crippen LogP contribution in [0.3, 0.4) is 0 Å². The summed E-state index contributed by atoms with van der Waals surface area (Å²) in [6.07, 6.45) is 1.30. The van der Waals surface area contributed by atoms with Crippen LogP contribution in [0.4, 0.5) is 4.79 Å². The standard InChI is InChI=1S/C15H26N2O2/c1-10(16-6-11-5-12(11)7-16)13-8-17(9-13)14(18)19-15(2,3)4/h10-13H,5-9H2,1-4H3. The van der Waals surface area contributed by atoms with Gasteiger partial charge in [-0.05, 0) is 46.0 Å². The summed E-state index contributed by atoms with van der Waals surface area (Å²) in [7, 11) is 0. The van der Waals surface area contributed by atoms with Gasteiger partial charge in [0, 0.05) is 38.1 Å². The number of carbonyl (C=O) groups excluding carboxylic acids is 1. The van der Waals surface area contributed by atoms with E-state index >= 15 is 0 Å². The molecule has 0 aromatic rings. The number of ether oxygens (including phenoxy) is 1. The van der Waals surface area contributed by atoms with Crippen molar-refractivity contribution < 1.29 is 9.53 Å². The molecule has 0 bridgehead atoms. The molecule has 4 nitrogen and oxygen atoms in total. The molecule has 4 heteroatoms. The van der Waals surface area contributed by atoms with E-state index in [0.717, 1.165) is 24.9 Å². The summed E-state index contributed by atoms with van der Waals surface area (Å²) in [6.45, 7) is 12.4. The molecule has 3 atom stereocenters. The zero-order chi connectivity index (χ0) is 13.8. The summed E-state index contributed by atoms with van der Waals surface area (Å²) in [5.74, 6) is 2.61. The van der Waals surface area contributed by atoms with Gasteiger partial charge in [-0.1, -0.05) is 0 Å². The molecule has 0 aromatic carbocycles. The van der Waals surface area contributed by atoms with Crippen molar-refractivity contribution in [3.8, 4) is 0 Å². The highest BCUT2D eigenvalue weighted by Gasteiger charge is 2.48. The second kappa shape index (κ2) is 4.37. The number of rotatable bonds is 2. The van der Waals surface area contributed by atoms with Crippen LogP contribution in [0.2, 0.25) is 0 Å². The molecule has 3 unspecified atom stereocenters. The smallest absolute Gasteiger partial charge is 0.410 e. The normalized spacial score (nSPS) is 32.7. The van der Waals surface area contributed by atoms with Crippen molar-refractivity contribution in [3.63, 3.8) is 0 Å². The number of nitrogens with zero attached hydrogens (tertiary/aromatic N) is 2. The van der Waals surface area contributed by atoms with E-state index in [9.17, 15) is 4.79 Å². The van der Waals surface area contributed by atoms with Gasteiger partial charge in [0.05, 0.1) is 0 Å². The second-order valence-corrected chi connectivity index (χ2v) is 7.60. The lowest BCUT2D eigenvalue weighted by Crippen LogP contribution is -2.58. The molecule has 0 radical (unpaired) electrons. The van der Waals surface area contributed by atoms with Crippen LogP contribution in [0.1, 0.15) is 34.1 Å². The Hall–Kier alpha value is -0.770. The summed E-state index contributed by atoms with van der Waals surface area (Å²) in [5, 5.41) is 0. The van der Waals surface area contributed by atoms with Gasteiger partial charge in [-0.15, -0.1) is 0 Å². The highest BCUT2D eigenvalue weighted by Crippen LogP contribution is 2.46. The molecule has 3 fully saturated rings. The van der Waals surface area contributed by atoms with Gasteiger partial charge < -0.3 is 9.64 Å². The van der Waals surface area contributed by atoms with Crippen molar-refractivity contribution in [1.82, 2.24) is 9.80 Å². The number of carbonyl (C=O) groups is 1. The third kappa shape index (κ3) is 2.73. The van der Waals surface area contributed by atoms with Gasteiger partial charge in [-0.2, -0.15) is 0 Å². The first-order valence-electron chi connectivity index (χ1n) is 7.55. The Morgan fingerprint density at radius 1 is 1.16 bits per heavy atom. The monoisotopic (exact) mass is 266 g/mol. The van der Waals surface area contributed by atoms with Gasteiger partial charge in [-0.3, -0.25) is 4.90 Å². The fraction of sp³-hybridized carbons (Fsp3) is 0.933.